The topological polar surface area (TPSA) is 46.5 Å². The molecule has 0 amide bonds. The monoisotopic (exact) mass is 453 g/mol. The number of quaternary nitrogens is 1. The minimum atomic E-state index is -0.360. The summed E-state index contributed by atoms with van der Waals surface area (Å²) in [6, 6.07) is 11.0. The Kier molecular flexibility index (Phi) is 8.97. The zero-order valence-electron chi connectivity index (χ0n) is 17.4. The number of aliphatic hydroxyl groups is 1. The third-order valence-corrected chi connectivity index (χ3v) is 7.00. The number of nitrogens with zero attached hydrogens (tertiary/aromatic N) is 1. The maximum atomic E-state index is 12.9. The molecule has 2 bridgehead atoms. The van der Waals surface area contributed by atoms with E-state index >= 15 is 0 Å². The molecule has 2 aliphatic heterocycles. The van der Waals surface area contributed by atoms with Gasteiger partial charge in [-0.1, -0.05) is 43.7 Å². The molecule has 3 unspecified atom stereocenters. The van der Waals surface area contributed by atoms with Crippen molar-refractivity contribution < 1.29 is 36.1 Å². The fraction of sp³-hybridized carbons (Fsp3) is 0.696. The van der Waals surface area contributed by atoms with Gasteiger partial charge in [-0.15, -0.1) is 0 Å². The van der Waals surface area contributed by atoms with Gasteiger partial charge in [0.15, 0.2) is 0 Å². The Bertz CT molecular complexity index is 595. The lowest BCUT2D eigenvalue weighted by atomic mass is 9.94. The lowest BCUT2D eigenvalue weighted by molar-refractivity contribution is -0.949. The molecule has 28 heavy (non-hydrogen) atoms. The Morgan fingerprint density at radius 2 is 1.82 bits per heavy atom. The second-order valence-electron chi connectivity index (χ2n) is 8.67. The molecule has 0 saturated carbocycles. The van der Waals surface area contributed by atoms with Gasteiger partial charge in [-0.05, 0) is 24.8 Å². The molecule has 4 nitrogen and oxygen atoms in total. The van der Waals surface area contributed by atoms with E-state index in [1.807, 2.05) is 30.3 Å². The average molecular weight is 454 g/mol. The van der Waals surface area contributed by atoms with E-state index in [-0.39, 0.29) is 41.6 Å². The molecule has 158 valence electrons. The normalized spacial score (nSPS) is 29.8. The van der Waals surface area contributed by atoms with Gasteiger partial charge < -0.3 is 31.3 Å². The zero-order valence-corrected chi connectivity index (χ0v) is 18.9. The molecule has 2 fully saturated rings. The van der Waals surface area contributed by atoms with Gasteiger partial charge in [-0.25, -0.2) is 0 Å². The van der Waals surface area contributed by atoms with Crippen LogP contribution >= 0.6 is 0 Å². The van der Waals surface area contributed by atoms with Gasteiger partial charge in [0.1, 0.15) is 6.10 Å². The molecular weight excluding hydrogens is 418 g/mol. The van der Waals surface area contributed by atoms with E-state index in [0.717, 1.165) is 18.4 Å². The molecule has 1 N–H and O–H groups in total. The van der Waals surface area contributed by atoms with Crippen LogP contribution in [0, 0.1) is 0 Å². The number of fused-ring (bicyclic) bond motifs is 2. The third kappa shape index (κ3) is 5.17. The first-order valence-corrected chi connectivity index (χ1v) is 10.8. The van der Waals surface area contributed by atoms with Gasteiger partial charge >= 0.3 is 5.97 Å². The maximum absolute atomic E-state index is 12.9. The standard InChI is InChI=1S/C23H36NO3.BrH/c1-3-4-8-14-24(2)19-11-12-20(24)17-21(16-19)27-23(26)22(13-15-25)18-9-6-5-7-10-18;/h5-7,9-10,19-22,25H,3-4,8,11-17H2,1-2H3;1H/q+1;/p-1. The quantitative estimate of drug-likeness (QED) is 0.345. The Balaban J connectivity index is 0.00000280. The number of halogens is 1. The van der Waals surface area contributed by atoms with Crippen LogP contribution in [0.1, 0.15) is 69.8 Å². The van der Waals surface area contributed by atoms with E-state index in [4.69, 9.17) is 4.74 Å². The van der Waals surface area contributed by atoms with Crippen molar-refractivity contribution in [2.45, 2.75) is 82.4 Å². The molecule has 0 radical (unpaired) electrons. The summed E-state index contributed by atoms with van der Waals surface area (Å²) < 4.78 is 7.19. The number of rotatable bonds is 9. The van der Waals surface area contributed by atoms with E-state index < -0.39 is 0 Å². The van der Waals surface area contributed by atoms with Crippen LogP contribution in [0.2, 0.25) is 0 Å². The van der Waals surface area contributed by atoms with E-state index in [2.05, 4.69) is 14.0 Å². The largest absolute Gasteiger partial charge is 1.00 e. The predicted molar refractivity (Wildman–Crippen MR) is 107 cm³/mol. The number of hydrogen-bond donors (Lipinski definition) is 1. The summed E-state index contributed by atoms with van der Waals surface area (Å²) in [6.45, 7) is 3.52. The van der Waals surface area contributed by atoms with E-state index in [9.17, 15) is 9.90 Å². The number of benzene rings is 1. The summed E-state index contributed by atoms with van der Waals surface area (Å²) in [4.78, 5) is 12.9. The molecule has 1 aromatic rings. The smallest absolute Gasteiger partial charge is 0.313 e. The van der Waals surface area contributed by atoms with Crippen LogP contribution in [0.25, 0.3) is 0 Å². The second-order valence-corrected chi connectivity index (χ2v) is 8.67. The van der Waals surface area contributed by atoms with Gasteiger partial charge in [0.25, 0.3) is 0 Å². The van der Waals surface area contributed by atoms with Crippen LogP contribution in [0.5, 0.6) is 0 Å². The number of carbonyl (C=O) groups excluding carboxylic acids is 1. The number of unbranched alkanes of at least 4 members (excludes halogenated alkanes) is 2. The fourth-order valence-corrected chi connectivity index (χ4v) is 5.34. The molecule has 3 atom stereocenters. The van der Waals surface area contributed by atoms with Crippen molar-refractivity contribution in [2.24, 2.45) is 0 Å². The molecule has 5 heteroatoms. The highest BCUT2D eigenvalue weighted by Crippen LogP contribution is 2.42. The molecule has 2 saturated heterocycles. The Hall–Kier alpha value is -0.910. The molecule has 0 aromatic heterocycles. The predicted octanol–water partition coefficient (Wildman–Crippen LogP) is 1.03. The van der Waals surface area contributed by atoms with Crippen LogP contribution in [0.4, 0.5) is 0 Å². The van der Waals surface area contributed by atoms with E-state index in [0.29, 0.717) is 18.5 Å². The van der Waals surface area contributed by atoms with Crippen molar-refractivity contribution >= 4 is 5.97 Å². The molecule has 2 heterocycles. The first-order chi connectivity index (χ1) is 13.1. The Labute approximate surface area is 180 Å². The highest BCUT2D eigenvalue weighted by molar-refractivity contribution is 5.78. The number of ether oxygens (including phenoxy) is 1. The van der Waals surface area contributed by atoms with Crippen molar-refractivity contribution in [1.29, 1.82) is 0 Å². The van der Waals surface area contributed by atoms with Crippen molar-refractivity contribution in [3.05, 3.63) is 35.9 Å². The van der Waals surface area contributed by atoms with Crippen molar-refractivity contribution in [3.63, 3.8) is 0 Å². The summed E-state index contributed by atoms with van der Waals surface area (Å²) in [6.07, 6.45) is 8.85. The molecule has 3 rings (SSSR count). The number of esters is 1. The minimum Gasteiger partial charge on any atom is -1.00 e. The molecule has 0 aliphatic carbocycles. The molecule has 1 aromatic carbocycles. The highest BCUT2D eigenvalue weighted by Gasteiger charge is 2.52. The van der Waals surface area contributed by atoms with Gasteiger partial charge in [-0.3, -0.25) is 4.79 Å². The molecule has 2 aliphatic rings. The molecule has 0 spiro atoms. The van der Waals surface area contributed by atoms with Crippen LogP contribution < -0.4 is 17.0 Å². The minimum absolute atomic E-state index is 0. The van der Waals surface area contributed by atoms with E-state index in [1.54, 1.807) is 0 Å². The number of piperidine rings is 1. The Morgan fingerprint density at radius 1 is 1.18 bits per heavy atom. The Morgan fingerprint density at radius 3 is 2.39 bits per heavy atom. The summed E-state index contributed by atoms with van der Waals surface area (Å²) in [5.74, 6) is -0.525. The first-order valence-electron chi connectivity index (χ1n) is 10.8. The SMILES string of the molecule is CCCCC[N+]1(C)C2CCC1CC(OC(=O)C(CCO)c1ccccc1)C2.[Br-]. The van der Waals surface area contributed by atoms with Gasteiger partial charge in [-0.2, -0.15) is 0 Å². The summed E-state index contributed by atoms with van der Waals surface area (Å²) in [7, 11) is 2.43. The van der Waals surface area contributed by atoms with Crippen LogP contribution in [-0.4, -0.2) is 53.9 Å². The zero-order chi connectivity index (χ0) is 19.3. The average Bonchev–Trinajstić information content (AvgIpc) is 2.84. The summed E-state index contributed by atoms with van der Waals surface area (Å²) in [5, 5.41) is 9.41. The van der Waals surface area contributed by atoms with Crippen LogP contribution in [-0.2, 0) is 9.53 Å². The van der Waals surface area contributed by atoms with Crippen molar-refractivity contribution in [1.82, 2.24) is 0 Å². The lowest BCUT2D eigenvalue weighted by Crippen LogP contribution is -3.00. The van der Waals surface area contributed by atoms with E-state index in [1.165, 1.54) is 43.1 Å². The van der Waals surface area contributed by atoms with Crippen molar-refractivity contribution in [2.75, 3.05) is 20.2 Å². The van der Waals surface area contributed by atoms with Crippen LogP contribution in [0.15, 0.2) is 30.3 Å². The molecular formula is C23H36BrNO3. The lowest BCUT2D eigenvalue weighted by Gasteiger charge is -2.47. The highest BCUT2D eigenvalue weighted by atomic mass is 79.9. The summed E-state index contributed by atoms with van der Waals surface area (Å²) >= 11 is 0. The summed E-state index contributed by atoms with van der Waals surface area (Å²) in [5.41, 5.74) is 0.940. The van der Waals surface area contributed by atoms with Crippen LogP contribution in [0.3, 0.4) is 0 Å². The number of aliphatic hydroxyl groups excluding tert-OH is 1. The fourth-order valence-electron chi connectivity index (χ4n) is 5.34. The van der Waals surface area contributed by atoms with Gasteiger partial charge in [0, 0.05) is 32.3 Å². The maximum Gasteiger partial charge on any atom is 0.313 e. The van der Waals surface area contributed by atoms with Gasteiger partial charge in [0.2, 0.25) is 0 Å². The second kappa shape index (κ2) is 10.7. The van der Waals surface area contributed by atoms with Crippen molar-refractivity contribution in [3.8, 4) is 0 Å². The number of hydrogen-bond acceptors (Lipinski definition) is 3. The van der Waals surface area contributed by atoms with Gasteiger partial charge in [0.05, 0.1) is 31.6 Å². The number of carbonyl (C=O) groups is 1. The third-order valence-electron chi connectivity index (χ3n) is 7.00. The first kappa shape index (κ1) is 23.4.